The summed E-state index contributed by atoms with van der Waals surface area (Å²) in [6, 6.07) is 0. The van der Waals surface area contributed by atoms with Gasteiger partial charge < -0.3 is 14.6 Å². The Balaban J connectivity index is 1.91. The van der Waals surface area contributed by atoms with Crippen molar-refractivity contribution in [1.82, 2.24) is 0 Å². The summed E-state index contributed by atoms with van der Waals surface area (Å²) in [4.78, 5) is 0. The van der Waals surface area contributed by atoms with Crippen molar-refractivity contribution < 1.29 is 14.6 Å². The van der Waals surface area contributed by atoms with Gasteiger partial charge in [0.15, 0.2) is 0 Å². The lowest BCUT2D eigenvalue weighted by molar-refractivity contribution is 0.0177. The largest absolute Gasteiger partial charge is 0.396 e. The summed E-state index contributed by atoms with van der Waals surface area (Å²) in [5, 5.41) is 8.50. The summed E-state index contributed by atoms with van der Waals surface area (Å²) < 4.78 is 10.6. The lowest BCUT2D eigenvalue weighted by Gasteiger charge is -2.21. The maximum absolute atomic E-state index is 8.50. The average molecular weight is 174 g/mol. The lowest BCUT2D eigenvalue weighted by Crippen LogP contribution is -2.20. The third-order valence-electron chi connectivity index (χ3n) is 2.14. The smallest absolute Gasteiger partial charge is 0.0495 e. The van der Waals surface area contributed by atoms with Crippen molar-refractivity contribution in [2.24, 2.45) is 5.92 Å². The molecule has 1 aliphatic heterocycles. The first-order valence-electron chi connectivity index (χ1n) is 4.70. The zero-order valence-electron chi connectivity index (χ0n) is 7.50. The Bertz CT molecular complexity index is 99.9. The van der Waals surface area contributed by atoms with Gasteiger partial charge in [-0.05, 0) is 25.2 Å². The van der Waals surface area contributed by atoms with Crippen molar-refractivity contribution in [2.45, 2.75) is 19.3 Å². The molecule has 3 nitrogen and oxygen atoms in total. The van der Waals surface area contributed by atoms with Crippen LogP contribution in [0, 0.1) is 5.92 Å². The Morgan fingerprint density at radius 2 is 2.08 bits per heavy atom. The predicted octanol–water partition coefficient (Wildman–Crippen LogP) is 0.812. The van der Waals surface area contributed by atoms with E-state index in [2.05, 4.69) is 0 Å². The molecule has 0 aromatic rings. The van der Waals surface area contributed by atoms with Crippen molar-refractivity contribution in [2.75, 3.05) is 33.0 Å². The summed E-state index contributed by atoms with van der Waals surface area (Å²) in [6.45, 7) is 3.52. The number of rotatable bonds is 5. The van der Waals surface area contributed by atoms with Crippen molar-refractivity contribution in [3.8, 4) is 0 Å². The molecule has 1 N–H and O–H groups in total. The number of hydrogen-bond donors (Lipinski definition) is 1. The van der Waals surface area contributed by atoms with E-state index in [1.165, 1.54) is 0 Å². The van der Waals surface area contributed by atoms with Crippen molar-refractivity contribution in [3.63, 3.8) is 0 Å². The molecule has 1 aliphatic rings. The molecule has 0 radical (unpaired) electrons. The molecule has 1 heterocycles. The zero-order valence-corrected chi connectivity index (χ0v) is 7.50. The van der Waals surface area contributed by atoms with Crippen LogP contribution in [0.2, 0.25) is 0 Å². The number of hydrogen-bond acceptors (Lipinski definition) is 3. The summed E-state index contributed by atoms with van der Waals surface area (Å²) in [5.74, 6) is 0.678. The molecule has 0 bridgehead atoms. The van der Waals surface area contributed by atoms with E-state index in [1.807, 2.05) is 0 Å². The monoisotopic (exact) mass is 174 g/mol. The quantitative estimate of drug-likeness (QED) is 0.627. The highest BCUT2D eigenvalue weighted by Gasteiger charge is 2.13. The normalized spacial score (nSPS) is 19.8. The van der Waals surface area contributed by atoms with Gasteiger partial charge in [0.2, 0.25) is 0 Å². The van der Waals surface area contributed by atoms with Gasteiger partial charge in [0, 0.05) is 33.0 Å². The van der Waals surface area contributed by atoms with Crippen LogP contribution in [-0.2, 0) is 9.47 Å². The van der Waals surface area contributed by atoms with Crippen LogP contribution in [0.25, 0.3) is 0 Å². The molecule has 0 atom stereocenters. The molecule has 0 amide bonds. The van der Waals surface area contributed by atoms with Crippen molar-refractivity contribution in [3.05, 3.63) is 0 Å². The fourth-order valence-electron chi connectivity index (χ4n) is 1.33. The Hall–Kier alpha value is -0.120. The van der Waals surface area contributed by atoms with E-state index < -0.39 is 0 Å². The standard InChI is InChI=1S/C9H18O3/c10-4-1-5-12-8-9-2-6-11-7-3-9/h9-10H,1-8H2. The third-order valence-corrected chi connectivity index (χ3v) is 2.14. The van der Waals surface area contributed by atoms with Crippen LogP contribution in [0.5, 0.6) is 0 Å². The van der Waals surface area contributed by atoms with Crippen LogP contribution in [-0.4, -0.2) is 38.1 Å². The Morgan fingerprint density at radius 3 is 2.75 bits per heavy atom. The van der Waals surface area contributed by atoms with Crippen LogP contribution in [0.1, 0.15) is 19.3 Å². The topological polar surface area (TPSA) is 38.7 Å². The van der Waals surface area contributed by atoms with Crippen molar-refractivity contribution in [1.29, 1.82) is 0 Å². The van der Waals surface area contributed by atoms with E-state index in [1.54, 1.807) is 0 Å². The van der Waals surface area contributed by atoms with Gasteiger partial charge in [-0.3, -0.25) is 0 Å². The molecular weight excluding hydrogens is 156 g/mol. The lowest BCUT2D eigenvalue weighted by atomic mass is 10.0. The second kappa shape index (κ2) is 6.40. The fourth-order valence-corrected chi connectivity index (χ4v) is 1.33. The summed E-state index contributed by atoms with van der Waals surface area (Å²) in [5.41, 5.74) is 0. The van der Waals surface area contributed by atoms with Gasteiger partial charge >= 0.3 is 0 Å². The molecular formula is C9H18O3. The summed E-state index contributed by atoms with van der Waals surface area (Å²) >= 11 is 0. The minimum absolute atomic E-state index is 0.230. The van der Waals surface area contributed by atoms with Gasteiger partial charge in [-0.1, -0.05) is 0 Å². The van der Waals surface area contributed by atoms with Crippen LogP contribution in [0.3, 0.4) is 0 Å². The minimum atomic E-state index is 0.230. The number of aliphatic hydroxyl groups is 1. The molecule has 0 spiro atoms. The van der Waals surface area contributed by atoms with E-state index >= 15 is 0 Å². The van der Waals surface area contributed by atoms with Gasteiger partial charge in [0.05, 0.1) is 0 Å². The molecule has 72 valence electrons. The van der Waals surface area contributed by atoms with E-state index in [-0.39, 0.29) is 6.61 Å². The van der Waals surface area contributed by atoms with E-state index in [9.17, 15) is 0 Å². The van der Waals surface area contributed by atoms with E-state index in [0.29, 0.717) is 12.5 Å². The summed E-state index contributed by atoms with van der Waals surface area (Å²) in [6.07, 6.45) is 3.00. The molecule has 0 unspecified atom stereocenters. The van der Waals surface area contributed by atoms with E-state index in [0.717, 1.165) is 39.1 Å². The molecule has 0 saturated carbocycles. The second-order valence-electron chi connectivity index (χ2n) is 3.21. The average Bonchev–Trinajstić information content (AvgIpc) is 2.14. The van der Waals surface area contributed by atoms with Crippen LogP contribution >= 0.6 is 0 Å². The van der Waals surface area contributed by atoms with Gasteiger partial charge in [-0.15, -0.1) is 0 Å². The highest BCUT2D eigenvalue weighted by atomic mass is 16.5. The maximum atomic E-state index is 8.50. The van der Waals surface area contributed by atoms with Gasteiger partial charge in [-0.25, -0.2) is 0 Å². The Kier molecular flexibility index (Phi) is 5.32. The first kappa shape index (κ1) is 9.96. The highest BCUT2D eigenvalue weighted by molar-refractivity contribution is 4.61. The van der Waals surface area contributed by atoms with Crippen LogP contribution in [0.15, 0.2) is 0 Å². The van der Waals surface area contributed by atoms with Crippen LogP contribution in [0.4, 0.5) is 0 Å². The second-order valence-corrected chi connectivity index (χ2v) is 3.21. The molecule has 0 aliphatic carbocycles. The SMILES string of the molecule is OCCCOCC1CCOCC1. The molecule has 1 fully saturated rings. The molecule has 0 aromatic heterocycles. The first-order valence-corrected chi connectivity index (χ1v) is 4.70. The van der Waals surface area contributed by atoms with E-state index in [4.69, 9.17) is 14.6 Å². The van der Waals surface area contributed by atoms with Crippen LogP contribution < -0.4 is 0 Å². The molecule has 1 rings (SSSR count). The zero-order chi connectivity index (χ0) is 8.65. The molecule has 3 heteroatoms. The first-order chi connectivity index (χ1) is 5.93. The van der Waals surface area contributed by atoms with Gasteiger partial charge in [-0.2, -0.15) is 0 Å². The summed E-state index contributed by atoms with van der Waals surface area (Å²) in [7, 11) is 0. The number of ether oxygens (including phenoxy) is 2. The minimum Gasteiger partial charge on any atom is -0.396 e. The number of aliphatic hydroxyl groups excluding tert-OH is 1. The molecule has 1 saturated heterocycles. The Labute approximate surface area is 73.7 Å². The molecule has 0 aromatic carbocycles. The highest BCUT2D eigenvalue weighted by Crippen LogP contribution is 2.14. The Morgan fingerprint density at radius 1 is 1.33 bits per heavy atom. The fraction of sp³-hybridized carbons (Fsp3) is 1.00. The molecule has 12 heavy (non-hydrogen) atoms. The predicted molar refractivity (Wildman–Crippen MR) is 46.1 cm³/mol. The van der Waals surface area contributed by atoms with Gasteiger partial charge in [0.25, 0.3) is 0 Å². The van der Waals surface area contributed by atoms with Crippen molar-refractivity contribution >= 4 is 0 Å². The third kappa shape index (κ3) is 4.04. The van der Waals surface area contributed by atoms with Gasteiger partial charge in [0.1, 0.15) is 0 Å². The maximum Gasteiger partial charge on any atom is 0.0495 e.